The summed E-state index contributed by atoms with van der Waals surface area (Å²) in [6.07, 6.45) is 4.48. The van der Waals surface area contributed by atoms with Crippen molar-refractivity contribution in [1.29, 1.82) is 0 Å². The molecule has 2 rings (SSSR count). The van der Waals surface area contributed by atoms with Gasteiger partial charge in [-0.05, 0) is 26.3 Å². The molecule has 0 aliphatic carbocycles. The Bertz CT molecular complexity index is 462. The molecule has 96 valence electrons. The molecule has 0 spiro atoms. The summed E-state index contributed by atoms with van der Waals surface area (Å²) in [6.45, 7) is 3.48. The van der Waals surface area contributed by atoms with Gasteiger partial charge in [0.15, 0.2) is 4.21 Å². The number of sulfonamides is 1. The molecule has 0 aromatic carbocycles. The van der Waals surface area contributed by atoms with Crippen LogP contribution >= 0.6 is 11.3 Å². The number of nitrogens with one attached hydrogen (secondary N) is 2. The molecule has 1 aromatic heterocycles. The molecular formula is C10H17N3O2S2. The Morgan fingerprint density at radius 3 is 3.06 bits per heavy atom. The SMILES string of the molecule is Cc1ncc(S(=O)(=O)NC2CCCCNC2)s1. The van der Waals surface area contributed by atoms with Crippen LogP contribution in [0.3, 0.4) is 0 Å². The Morgan fingerprint density at radius 2 is 2.35 bits per heavy atom. The van der Waals surface area contributed by atoms with Gasteiger partial charge in [0.25, 0.3) is 10.0 Å². The third-order valence-corrected chi connectivity index (χ3v) is 5.63. The highest BCUT2D eigenvalue weighted by Crippen LogP contribution is 2.18. The molecule has 0 saturated carbocycles. The van der Waals surface area contributed by atoms with Gasteiger partial charge in [0.2, 0.25) is 0 Å². The van der Waals surface area contributed by atoms with E-state index >= 15 is 0 Å². The van der Waals surface area contributed by atoms with E-state index in [1.165, 1.54) is 17.5 Å². The van der Waals surface area contributed by atoms with E-state index in [-0.39, 0.29) is 6.04 Å². The Kier molecular flexibility index (Phi) is 4.13. The van der Waals surface area contributed by atoms with E-state index in [2.05, 4.69) is 15.0 Å². The minimum atomic E-state index is -3.39. The van der Waals surface area contributed by atoms with Gasteiger partial charge in [-0.15, -0.1) is 11.3 Å². The molecule has 5 nitrogen and oxygen atoms in total. The molecule has 7 heteroatoms. The number of nitrogens with zero attached hydrogens (tertiary/aromatic N) is 1. The second-order valence-corrected chi connectivity index (χ2v) is 7.39. The zero-order chi connectivity index (χ0) is 12.3. The zero-order valence-corrected chi connectivity index (χ0v) is 11.4. The van der Waals surface area contributed by atoms with Crippen molar-refractivity contribution in [2.45, 2.75) is 36.4 Å². The first-order chi connectivity index (χ1) is 8.08. The molecule has 1 aliphatic rings. The summed E-state index contributed by atoms with van der Waals surface area (Å²) in [5.41, 5.74) is 0. The third kappa shape index (κ3) is 3.48. The molecule has 17 heavy (non-hydrogen) atoms. The molecule has 0 bridgehead atoms. The van der Waals surface area contributed by atoms with E-state index in [1.54, 1.807) is 6.92 Å². The molecule has 1 atom stereocenters. The van der Waals surface area contributed by atoms with Crippen molar-refractivity contribution < 1.29 is 8.42 Å². The van der Waals surface area contributed by atoms with Crippen molar-refractivity contribution in [3.8, 4) is 0 Å². The third-order valence-electron chi connectivity index (χ3n) is 2.73. The first kappa shape index (κ1) is 12.9. The Morgan fingerprint density at radius 1 is 1.53 bits per heavy atom. The maximum Gasteiger partial charge on any atom is 0.251 e. The summed E-state index contributed by atoms with van der Waals surface area (Å²) >= 11 is 1.21. The molecule has 0 radical (unpaired) electrons. The maximum atomic E-state index is 12.1. The number of hydrogen-bond donors (Lipinski definition) is 2. The Hall–Kier alpha value is -0.500. The van der Waals surface area contributed by atoms with Crippen LogP contribution < -0.4 is 10.0 Å². The molecule has 0 amide bonds. The van der Waals surface area contributed by atoms with E-state index in [0.29, 0.717) is 10.8 Å². The van der Waals surface area contributed by atoms with E-state index < -0.39 is 10.0 Å². The number of thiazole rings is 1. The summed E-state index contributed by atoms with van der Waals surface area (Å²) in [7, 11) is -3.39. The first-order valence-corrected chi connectivity index (χ1v) is 8.03. The highest BCUT2D eigenvalue weighted by atomic mass is 32.2. The molecule has 1 aromatic rings. The number of aryl methyl sites for hydroxylation is 1. The maximum absolute atomic E-state index is 12.1. The number of hydrogen-bond acceptors (Lipinski definition) is 5. The molecule has 1 aliphatic heterocycles. The minimum absolute atomic E-state index is 0.00935. The molecule has 1 fully saturated rings. The zero-order valence-electron chi connectivity index (χ0n) is 9.77. The van der Waals surface area contributed by atoms with Crippen LogP contribution in [-0.2, 0) is 10.0 Å². The highest BCUT2D eigenvalue weighted by Gasteiger charge is 2.22. The molecule has 1 unspecified atom stereocenters. The normalized spacial score (nSPS) is 22.3. The standard InChI is InChI=1S/C10H17N3O2S2/c1-8-12-7-10(16-8)17(14,15)13-9-4-2-3-5-11-6-9/h7,9,11,13H,2-6H2,1H3. The van der Waals surface area contributed by atoms with E-state index in [4.69, 9.17) is 0 Å². The van der Waals surface area contributed by atoms with Gasteiger partial charge in [-0.1, -0.05) is 6.42 Å². The van der Waals surface area contributed by atoms with Crippen molar-refractivity contribution in [1.82, 2.24) is 15.0 Å². The number of rotatable bonds is 3. The van der Waals surface area contributed by atoms with Crippen molar-refractivity contribution in [3.05, 3.63) is 11.2 Å². The fraction of sp³-hybridized carbons (Fsp3) is 0.700. The molecular weight excluding hydrogens is 258 g/mol. The highest BCUT2D eigenvalue weighted by molar-refractivity contribution is 7.91. The van der Waals surface area contributed by atoms with Crippen LogP contribution in [0.4, 0.5) is 0 Å². The van der Waals surface area contributed by atoms with Gasteiger partial charge in [-0.25, -0.2) is 18.1 Å². The lowest BCUT2D eigenvalue weighted by molar-refractivity contribution is 0.522. The van der Waals surface area contributed by atoms with Crippen molar-refractivity contribution >= 4 is 21.4 Å². The summed E-state index contributed by atoms with van der Waals surface area (Å²) in [5, 5.41) is 4.01. The van der Waals surface area contributed by atoms with Gasteiger partial charge in [0, 0.05) is 12.6 Å². The topological polar surface area (TPSA) is 71.1 Å². The second-order valence-electron chi connectivity index (χ2n) is 4.22. The summed E-state index contributed by atoms with van der Waals surface area (Å²) < 4.78 is 27.2. The van der Waals surface area contributed by atoms with Gasteiger partial charge < -0.3 is 5.32 Å². The fourth-order valence-electron chi connectivity index (χ4n) is 1.86. The summed E-state index contributed by atoms with van der Waals surface area (Å²) in [4.78, 5) is 3.98. The van der Waals surface area contributed by atoms with Gasteiger partial charge in [-0.2, -0.15) is 0 Å². The summed E-state index contributed by atoms with van der Waals surface area (Å²) in [6, 6.07) is -0.00935. The quantitative estimate of drug-likeness (QED) is 0.859. The largest absolute Gasteiger partial charge is 0.315 e. The number of aromatic nitrogens is 1. The Balaban J connectivity index is 2.06. The van der Waals surface area contributed by atoms with Crippen LogP contribution in [0, 0.1) is 6.92 Å². The van der Waals surface area contributed by atoms with E-state index in [9.17, 15) is 8.42 Å². The summed E-state index contributed by atoms with van der Waals surface area (Å²) in [5.74, 6) is 0. The first-order valence-electron chi connectivity index (χ1n) is 5.73. The molecule has 2 N–H and O–H groups in total. The van der Waals surface area contributed by atoms with E-state index in [0.717, 1.165) is 30.8 Å². The van der Waals surface area contributed by atoms with Crippen LogP contribution in [-0.4, -0.2) is 32.5 Å². The predicted molar refractivity (Wildman–Crippen MR) is 67.7 cm³/mol. The van der Waals surface area contributed by atoms with Gasteiger partial charge in [0.05, 0.1) is 11.2 Å². The van der Waals surface area contributed by atoms with E-state index in [1.807, 2.05) is 0 Å². The smallest absolute Gasteiger partial charge is 0.251 e. The predicted octanol–water partition coefficient (Wildman–Crippen LogP) is 0.872. The van der Waals surface area contributed by atoms with Gasteiger partial charge in [0.1, 0.15) is 0 Å². The van der Waals surface area contributed by atoms with Crippen LogP contribution in [0.5, 0.6) is 0 Å². The Labute approximate surface area is 106 Å². The van der Waals surface area contributed by atoms with Crippen LogP contribution in [0.25, 0.3) is 0 Å². The minimum Gasteiger partial charge on any atom is -0.315 e. The lowest BCUT2D eigenvalue weighted by atomic mass is 10.2. The average molecular weight is 275 g/mol. The van der Waals surface area contributed by atoms with Gasteiger partial charge in [-0.3, -0.25) is 0 Å². The van der Waals surface area contributed by atoms with Crippen molar-refractivity contribution in [2.24, 2.45) is 0 Å². The van der Waals surface area contributed by atoms with Crippen LogP contribution in [0.15, 0.2) is 10.4 Å². The molecule has 1 saturated heterocycles. The van der Waals surface area contributed by atoms with Gasteiger partial charge >= 0.3 is 0 Å². The average Bonchev–Trinajstić information content (AvgIpc) is 2.55. The second kappa shape index (κ2) is 5.43. The molecule has 2 heterocycles. The van der Waals surface area contributed by atoms with Crippen molar-refractivity contribution in [3.63, 3.8) is 0 Å². The lowest BCUT2D eigenvalue weighted by Gasteiger charge is -2.15. The lowest BCUT2D eigenvalue weighted by Crippen LogP contribution is -2.40. The van der Waals surface area contributed by atoms with Crippen LogP contribution in [0.2, 0.25) is 0 Å². The van der Waals surface area contributed by atoms with Crippen molar-refractivity contribution in [2.75, 3.05) is 13.1 Å². The van der Waals surface area contributed by atoms with Crippen LogP contribution in [0.1, 0.15) is 24.3 Å². The monoisotopic (exact) mass is 275 g/mol. The fourth-order valence-corrected chi connectivity index (χ4v) is 4.26.